The second kappa shape index (κ2) is 8.60. The van der Waals surface area contributed by atoms with Crippen LogP contribution in [0, 0.1) is 5.92 Å². The topological polar surface area (TPSA) is 87.3 Å². The zero-order valence-corrected chi connectivity index (χ0v) is 16.0. The van der Waals surface area contributed by atoms with Gasteiger partial charge in [0.1, 0.15) is 4.21 Å². The number of nitrogens with one attached hydrogen (secondary N) is 3. The van der Waals surface area contributed by atoms with E-state index in [0.29, 0.717) is 5.92 Å². The van der Waals surface area contributed by atoms with Crippen LogP contribution in [0.4, 0.5) is 0 Å². The van der Waals surface area contributed by atoms with Gasteiger partial charge in [-0.2, -0.15) is 0 Å². The molecule has 0 saturated carbocycles. The lowest BCUT2D eigenvalue weighted by atomic mass is 9.95. The minimum absolute atomic E-state index is 0. The molecular formula is C12H19BrClN3O3S2. The number of sulfonamides is 1. The number of amides is 1. The van der Waals surface area contributed by atoms with Crippen molar-refractivity contribution < 1.29 is 13.2 Å². The Morgan fingerprint density at radius 1 is 1.50 bits per heavy atom. The van der Waals surface area contributed by atoms with Crippen molar-refractivity contribution in [2.24, 2.45) is 5.92 Å². The van der Waals surface area contributed by atoms with E-state index in [1.165, 1.54) is 6.07 Å². The molecule has 1 amide bonds. The number of carbonyl (C=O) groups is 1. The lowest BCUT2D eigenvalue weighted by Gasteiger charge is -2.30. The SMILES string of the molecule is CC1CNCCC1NC(=O)CNS(=O)(=O)c1ccc(Br)s1.Cl. The highest BCUT2D eigenvalue weighted by molar-refractivity contribution is 9.11. The second-order valence-electron chi connectivity index (χ2n) is 5.03. The summed E-state index contributed by atoms with van der Waals surface area (Å²) >= 11 is 4.33. The predicted molar refractivity (Wildman–Crippen MR) is 93.0 cm³/mol. The van der Waals surface area contributed by atoms with Crippen molar-refractivity contribution in [3.05, 3.63) is 15.9 Å². The molecule has 0 spiro atoms. The highest BCUT2D eigenvalue weighted by Gasteiger charge is 2.23. The molecule has 0 aliphatic carbocycles. The number of hydrogen-bond donors (Lipinski definition) is 3. The van der Waals surface area contributed by atoms with E-state index in [9.17, 15) is 13.2 Å². The Hall–Kier alpha value is -0.190. The van der Waals surface area contributed by atoms with Gasteiger partial charge >= 0.3 is 0 Å². The van der Waals surface area contributed by atoms with Crippen LogP contribution in [0.3, 0.4) is 0 Å². The molecule has 2 atom stereocenters. The molecule has 0 bridgehead atoms. The number of rotatable bonds is 5. The maximum atomic E-state index is 12.0. The molecule has 1 saturated heterocycles. The molecule has 3 N–H and O–H groups in total. The number of hydrogen-bond acceptors (Lipinski definition) is 5. The van der Waals surface area contributed by atoms with Crippen molar-refractivity contribution in [3.63, 3.8) is 0 Å². The summed E-state index contributed by atoms with van der Waals surface area (Å²) in [5.74, 6) is 0.0421. The molecule has 2 unspecified atom stereocenters. The Balaban J connectivity index is 0.00000242. The van der Waals surface area contributed by atoms with E-state index in [0.717, 1.165) is 34.6 Å². The summed E-state index contributed by atoms with van der Waals surface area (Å²) in [5.41, 5.74) is 0. The number of halogens is 2. The maximum absolute atomic E-state index is 12.0. The van der Waals surface area contributed by atoms with E-state index in [4.69, 9.17) is 0 Å². The molecule has 1 aromatic rings. The summed E-state index contributed by atoms with van der Waals surface area (Å²) in [6, 6.07) is 3.26. The zero-order chi connectivity index (χ0) is 15.5. The Bertz CT molecular complexity index is 609. The van der Waals surface area contributed by atoms with Crippen LogP contribution < -0.4 is 15.4 Å². The van der Waals surface area contributed by atoms with Crippen LogP contribution in [0.15, 0.2) is 20.1 Å². The summed E-state index contributed by atoms with van der Waals surface area (Å²) in [6.07, 6.45) is 0.859. The summed E-state index contributed by atoms with van der Waals surface area (Å²) in [5, 5.41) is 6.14. The molecular weight excluding hydrogens is 414 g/mol. The van der Waals surface area contributed by atoms with Crippen LogP contribution in [0.2, 0.25) is 0 Å². The van der Waals surface area contributed by atoms with Crippen molar-refractivity contribution >= 4 is 55.6 Å². The van der Waals surface area contributed by atoms with Gasteiger partial charge in [0.05, 0.1) is 10.3 Å². The molecule has 2 heterocycles. The monoisotopic (exact) mass is 431 g/mol. The number of piperidine rings is 1. The number of thiophene rings is 1. The standard InChI is InChI=1S/C12H18BrN3O3S2.ClH/c1-8-6-14-5-4-9(8)16-11(17)7-15-21(18,19)12-3-2-10(13)20-12;/h2-3,8-9,14-15H,4-7H2,1H3,(H,16,17);1H. The number of carbonyl (C=O) groups excluding carboxylic acids is 1. The summed E-state index contributed by atoms with van der Waals surface area (Å²) in [7, 11) is -3.62. The molecule has 126 valence electrons. The first-order valence-electron chi connectivity index (χ1n) is 6.63. The second-order valence-corrected chi connectivity index (χ2v) is 9.48. The van der Waals surface area contributed by atoms with Gasteiger partial charge in [-0.3, -0.25) is 4.79 Å². The summed E-state index contributed by atoms with van der Waals surface area (Å²) in [6.45, 7) is 3.54. The first-order chi connectivity index (χ1) is 9.88. The fourth-order valence-corrected chi connectivity index (χ4v) is 5.20. The Morgan fingerprint density at radius 3 is 2.82 bits per heavy atom. The van der Waals surface area contributed by atoms with Crippen molar-refractivity contribution in [2.75, 3.05) is 19.6 Å². The van der Waals surface area contributed by atoms with Crippen LogP contribution in [-0.4, -0.2) is 40.0 Å². The van der Waals surface area contributed by atoms with Gasteiger partial charge in [0.15, 0.2) is 0 Å². The Morgan fingerprint density at radius 2 is 2.23 bits per heavy atom. The minimum atomic E-state index is -3.62. The van der Waals surface area contributed by atoms with E-state index in [2.05, 4.69) is 38.2 Å². The van der Waals surface area contributed by atoms with Gasteiger partial charge in [-0.05, 0) is 53.5 Å². The van der Waals surface area contributed by atoms with Gasteiger partial charge in [-0.25, -0.2) is 13.1 Å². The largest absolute Gasteiger partial charge is 0.352 e. The molecule has 6 nitrogen and oxygen atoms in total. The van der Waals surface area contributed by atoms with E-state index < -0.39 is 10.0 Å². The molecule has 1 aliphatic heterocycles. The van der Waals surface area contributed by atoms with Crippen LogP contribution in [0.1, 0.15) is 13.3 Å². The Labute approximate surface area is 149 Å². The van der Waals surface area contributed by atoms with Crippen molar-refractivity contribution in [1.82, 2.24) is 15.4 Å². The average Bonchev–Trinajstić information content (AvgIpc) is 2.87. The normalized spacial score (nSPS) is 21.9. The lowest BCUT2D eigenvalue weighted by Crippen LogP contribution is -2.50. The quantitative estimate of drug-likeness (QED) is 0.655. The summed E-state index contributed by atoms with van der Waals surface area (Å²) in [4.78, 5) is 11.9. The van der Waals surface area contributed by atoms with Gasteiger partial charge in [-0.15, -0.1) is 23.7 Å². The lowest BCUT2D eigenvalue weighted by molar-refractivity contribution is -0.121. The van der Waals surface area contributed by atoms with Gasteiger partial charge in [0.25, 0.3) is 10.0 Å². The third kappa shape index (κ3) is 5.47. The molecule has 1 fully saturated rings. The van der Waals surface area contributed by atoms with E-state index in [1.54, 1.807) is 6.07 Å². The molecule has 0 aromatic carbocycles. The average molecular weight is 433 g/mol. The predicted octanol–water partition coefficient (Wildman–Crippen LogP) is 1.32. The highest BCUT2D eigenvalue weighted by Crippen LogP contribution is 2.25. The van der Waals surface area contributed by atoms with Gasteiger partial charge < -0.3 is 10.6 Å². The third-order valence-corrected chi connectivity index (χ3v) is 6.88. The van der Waals surface area contributed by atoms with Crippen LogP contribution >= 0.6 is 39.7 Å². The van der Waals surface area contributed by atoms with Gasteiger partial charge in [0, 0.05) is 6.04 Å². The summed E-state index contributed by atoms with van der Waals surface area (Å²) < 4.78 is 27.2. The fraction of sp³-hybridized carbons (Fsp3) is 0.583. The molecule has 0 radical (unpaired) electrons. The van der Waals surface area contributed by atoms with Crippen molar-refractivity contribution in [3.8, 4) is 0 Å². The van der Waals surface area contributed by atoms with Gasteiger partial charge in [-0.1, -0.05) is 6.92 Å². The first kappa shape index (κ1) is 19.9. The molecule has 2 rings (SSSR count). The smallest absolute Gasteiger partial charge is 0.250 e. The van der Waals surface area contributed by atoms with Crippen LogP contribution in [0.25, 0.3) is 0 Å². The minimum Gasteiger partial charge on any atom is -0.352 e. The molecule has 1 aliphatic rings. The molecule has 10 heteroatoms. The Kier molecular flexibility index (Phi) is 7.76. The zero-order valence-electron chi connectivity index (χ0n) is 12.0. The first-order valence-corrected chi connectivity index (χ1v) is 9.73. The van der Waals surface area contributed by atoms with E-state index in [-0.39, 0.29) is 35.1 Å². The molecule has 1 aromatic heterocycles. The van der Waals surface area contributed by atoms with E-state index in [1.807, 2.05) is 0 Å². The van der Waals surface area contributed by atoms with Crippen molar-refractivity contribution in [1.29, 1.82) is 0 Å². The molecule has 22 heavy (non-hydrogen) atoms. The highest BCUT2D eigenvalue weighted by atomic mass is 79.9. The van der Waals surface area contributed by atoms with Crippen LogP contribution in [0.5, 0.6) is 0 Å². The van der Waals surface area contributed by atoms with Crippen molar-refractivity contribution in [2.45, 2.75) is 23.6 Å². The maximum Gasteiger partial charge on any atom is 0.250 e. The van der Waals surface area contributed by atoms with Crippen LogP contribution in [-0.2, 0) is 14.8 Å². The fourth-order valence-electron chi connectivity index (χ4n) is 2.16. The van der Waals surface area contributed by atoms with E-state index >= 15 is 0 Å². The van der Waals surface area contributed by atoms with Gasteiger partial charge in [0.2, 0.25) is 5.91 Å². The third-order valence-electron chi connectivity index (χ3n) is 3.37.